The molecule has 0 aliphatic rings. The number of nitrogens with zero attached hydrogens (tertiary/aromatic N) is 2. The second-order valence-electron chi connectivity index (χ2n) is 8.24. The van der Waals surface area contributed by atoms with E-state index >= 15 is 0 Å². The highest BCUT2D eigenvalue weighted by Crippen LogP contribution is 2.26. The van der Waals surface area contributed by atoms with Gasteiger partial charge in [-0.3, -0.25) is 13.9 Å². The smallest absolute Gasteiger partial charge is 0.264 e. The van der Waals surface area contributed by atoms with Crippen LogP contribution in [0, 0.1) is 6.92 Å². The lowest BCUT2D eigenvalue weighted by Gasteiger charge is -2.31. The first-order valence-corrected chi connectivity index (χ1v) is 13.7. The van der Waals surface area contributed by atoms with Crippen molar-refractivity contribution in [3.63, 3.8) is 0 Å². The van der Waals surface area contributed by atoms with Crippen molar-refractivity contribution in [1.29, 1.82) is 0 Å². The van der Waals surface area contributed by atoms with Crippen molar-refractivity contribution in [2.45, 2.75) is 31.3 Å². The Morgan fingerprint density at radius 1 is 0.972 bits per heavy atom. The van der Waals surface area contributed by atoms with Gasteiger partial charge in [0.2, 0.25) is 11.8 Å². The number of nitrogens with one attached hydrogen (secondary N) is 1. The number of aryl methyl sites for hydroxylation is 1. The van der Waals surface area contributed by atoms with Gasteiger partial charge in [-0.05, 0) is 67.9 Å². The summed E-state index contributed by atoms with van der Waals surface area (Å²) < 4.78 is 29.2. The van der Waals surface area contributed by atoms with Crippen LogP contribution in [0.3, 0.4) is 0 Å². The number of hydrogen-bond acceptors (Lipinski definition) is 4. The van der Waals surface area contributed by atoms with Crippen LogP contribution in [-0.2, 0) is 26.2 Å². The minimum Gasteiger partial charge on any atom is -0.357 e. The second-order valence-corrected chi connectivity index (χ2v) is 11.5. The first-order valence-electron chi connectivity index (χ1n) is 11.1. The molecule has 0 radical (unpaired) electrons. The van der Waals surface area contributed by atoms with Crippen molar-refractivity contribution in [2.75, 3.05) is 17.9 Å². The number of sulfonamides is 1. The van der Waals surface area contributed by atoms with Gasteiger partial charge in [-0.1, -0.05) is 57.4 Å². The van der Waals surface area contributed by atoms with Gasteiger partial charge in [0.1, 0.15) is 12.6 Å². The summed E-state index contributed by atoms with van der Waals surface area (Å²) in [5.41, 5.74) is 1.99. The molecule has 0 bridgehead atoms. The maximum absolute atomic E-state index is 13.7. The molecule has 36 heavy (non-hydrogen) atoms. The summed E-state index contributed by atoms with van der Waals surface area (Å²) in [5.74, 6) is -0.895. The van der Waals surface area contributed by atoms with Gasteiger partial charge in [-0.2, -0.15) is 0 Å². The Morgan fingerprint density at radius 2 is 1.56 bits per heavy atom. The molecular formula is C26H27BrClN3O4S. The maximum Gasteiger partial charge on any atom is 0.264 e. The molecule has 0 aliphatic carbocycles. The molecule has 10 heteroatoms. The number of hydrogen-bond donors (Lipinski definition) is 1. The van der Waals surface area contributed by atoms with E-state index in [1.165, 1.54) is 24.1 Å². The van der Waals surface area contributed by atoms with Crippen molar-refractivity contribution in [3.8, 4) is 0 Å². The lowest BCUT2D eigenvalue weighted by Crippen LogP contribution is -2.50. The van der Waals surface area contributed by atoms with E-state index in [4.69, 9.17) is 11.6 Å². The number of amides is 2. The van der Waals surface area contributed by atoms with E-state index in [1.54, 1.807) is 67.6 Å². The Bertz CT molecular complexity index is 1310. The third kappa shape index (κ3) is 6.66. The number of halogens is 2. The molecule has 3 rings (SSSR count). The number of benzene rings is 3. The first-order chi connectivity index (χ1) is 17.0. The number of carbonyl (C=O) groups excluding carboxylic acids is 2. The summed E-state index contributed by atoms with van der Waals surface area (Å²) in [6, 6.07) is 19.1. The van der Waals surface area contributed by atoms with E-state index in [2.05, 4.69) is 21.2 Å². The molecule has 0 heterocycles. The molecule has 1 N–H and O–H groups in total. The highest BCUT2D eigenvalue weighted by atomic mass is 79.9. The molecule has 7 nitrogen and oxygen atoms in total. The zero-order valence-electron chi connectivity index (χ0n) is 20.1. The molecule has 0 fully saturated rings. The topological polar surface area (TPSA) is 86.8 Å². The molecule has 0 saturated carbocycles. The first kappa shape index (κ1) is 27.7. The summed E-state index contributed by atoms with van der Waals surface area (Å²) >= 11 is 9.35. The highest BCUT2D eigenvalue weighted by molar-refractivity contribution is 9.10. The normalized spacial score (nSPS) is 12.0. The van der Waals surface area contributed by atoms with Crippen LogP contribution in [0.25, 0.3) is 0 Å². The van der Waals surface area contributed by atoms with Crippen LogP contribution in [0.2, 0.25) is 5.02 Å². The molecule has 0 aliphatic heterocycles. The molecular weight excluding hydrogens is 566 g/mol. The minimum atomic E-state index is -4.09. The fourth-order valence-corrected chi connectivity index (χ4v) is 5.36. The number of anilines is 1. The van der Waals surface area contributed by atoms with Crippen molar-refractivity contribution in [1.82, 2.24) is 10.2 Å². The van der Waals surface area contributed by atoms with Crippen molar-refractivity contribution >= 4 is 55.1 Å². The monoisotopic (exact) mass is 591 g/mol. The summed E-state index contributed by atoms with van der Waals surface area (Å²) in [7, 11) is -2.60. The van der Waals surface area contributed by atoms with Crippen LogP contribution in [-0.4, -0.2) is 44.8 Å². The molecule has 1 atom stereocenters. The Hall–Kier alpha value is -2.88. The average molecular weight is 593 g/mol. The molecule has 0 saturated heterocycles. The van der Waals surface area contributed by atoms with E-state index in [0.717, 1.165) is 19.9 Å². The van der Waals surface area contributed by atoms with E-state index in [0.29, 0.717) is 10.7 Å². The second kappa shape index (κ2) is 11.9. The lowest BCUT2D eigenvalue weighted by atomic mass is 10.1. The maximum atomic E-state index is 13.7. The van der Waals surface area contributed by atoms with Crippen LogP contribution in [0.1, 0.15) is 18.1 Å². The lowest BCUT2D eigenvalue weighted by molar-refractivity contribution is -0.139. The zero-order chi connectivity index (χ0) is 26.5. The summed E-state index contributed by atoms with van der Waals surface area (Å²) in [6.45, 7) is 3.07. The van der Waals surface area contributed by atoms with Gasteiger partial charge in [0, 0.05) is 23.1 Å². The molecule has 0 spiro atoms. The molecule has 2 amide bonds. The largest absolute Gasteiger partial charge is 0.357 e. The van der Waals surface area contributed by atoms with Gasteiger partial charge < -0.3 is 10.2 Å². The average Bonchev–Trinajstić information content (AvgIpc) is 2.86. The Kier molecular flexibility index (Phi) is 9.16. The van der Waals surface area contributed by atoms with Crippen LogP contribution in [0.15, 0.2) is 82.2 Å². The van der Waals surface area contributed by atoms with Crippen molar-refractivity contribution in [2.24, 2.45) is 0 Å². The van der Waals surface area contributed by atoms with E-state index < -0.39 is 28.5 Å². The van der Waals surface area contributed by atoms with Crippen molar-refractivity contribution < 1.29 is 18.0 Å². The summed E-state index contributed by atoms with van der Waals surface area (Å²) in [5, 5.41) is 3.10. The fourth-order valence-electron chi connectivity index (χ4n) is 3.55. The van der Waals surface area contributed by atoms with Gasteiger partial charge in [0.25, 0.3) is 10.0 Å². The Labute approximate surface area is 225 Å². The molecule has 3 aromatic rings. The molecule has 190 valence electrons. The fraction of sp³-hybridized carbons (Fsp3) is 0.231. The Morgan fingerprint density at radius 3 is 2.11 bits per heavy atom. The van der Waals surface area contributed by atoms with Crippen molar-refractivity contribution in [3.05, 3.63) is 93.4 Å². The van der Waals surface area contributed by atoms with E-state index in [1.807, 2.05) is 6.92 Å². The van der Waals surface area contributed by atoms with Crippen LogP contribution in [0.4, 0.5) is 5.69 Å². The Balaban J connectivity index is 2.01. The van der Waals surface area contributed by atoms with E-state index in [-0.39, 0.29) is 17.3 Å². The SMILES string of the molecule is CNC(=O)[C@@H](C)N(Cc1ccc(Cl)cc1)C(=O)CN(c1ccc(Br)cc1)S(=O)(=O)c1ccc(C)cc1. The van der Waals surface area contributed by atoms with Gasteiger partial charge in [-0.15, -0.1) is 0 Å². The third-order valence-corrected chi connectivity index (χ3v) is 8.25. The number of rotatable bonds is 9. The predicted octanol–water partition coefficient (Wildman–Crippen LogP) is 4.77. The molecule has 3 aromatic carbocycles. The van der Waals surface area contributed by atoms with Gasteiger partial charge in [0.15, 0.2) is 0 Å². The minimum absolute atomic E-state index is 0.0624. The predicted molar refractivity (Wildman–Crippen MR) is 145 cm³/mol. The summed E-state index contributed by atoms with van der Waals surface area (Å²) in [4.78, 5) is 27.6. The highest BCUT2D eigenvalue weighted by Gasteiger charge is 2.32. The van der Waals surface area contributed by atoms with Crippen LogP contribution in [0.5, 0.6) is 0 Å². The zero-order valence-corrected chi connectivity index (χ0v) is 23.3. The molecule has 0 aromatic heterocycles. The third-order valence-electron chi connectivity index (χ3n) is 5.68. The van der Waals surface area contributed by atoms with Gasteiger partial charge >= 0.3 is 0 Å². The van der Waals surface area contributed by atoms with Gasteiger partial charge in [-0.25, -0.2) is 8.42 Å². The van der Waals surface area contributed by atoms with Crippen LogP contribution < -0.4 is 9.62 Å². The van der Waals surface area contributed by atoms with E-state index in [9.17, 15) is 18.0 Å². The number of carbonyl (C=O) groups is 2. The van der Waals surface area contributed by atoms with Crippen LogP contribution >= 0.6 is 27.5 Å². The number of likely N-dealkylation sites (N-methyl/N-ethyl adjacent to an activating group) is 1. The summed E-state index contributed by atoms with van der Waals surface area (Å²) in [6.07, 6.45) is 0. The van der Waals surface area contributed by atoms with Gasteiger partial charge in [0.05, 0.1) is 10.6 Å². The molecule has 0 unspecified atom stereocenters. The quantitative estimate of drug-likeness (QED) is 0.388. The standard InChI is InChI=1S/C26H27BrClN3O4S/c1-18-4-14-24(15-5-18)36(34,35)31(23-12-8-21(27)9-13-23)17-25(32)30(19(2)26(33)29-3)16-20-6-10-22(28)11-7-20/h4-15,19H,16-17H2,1-3H3,(H,29,33)/t19-/m1/s1.